The number of aryl methyl sites for hydroxylation is 1. The molecular formula is C15H14OS. The van der Waals surface area contributed by atoms with E-state index in [1.807, 2.05) is 18.2 Å². The van der Waals surface area contributed by atoms with Crippen LogP contribution in [0.25, 0.3) is 10.4 Å². The van der Waals surface area contributed by atoms with Crippen LogP contribution in [0.3, 0.4) is 0 Å². The maximum atomic E-state index is 11.9. The van der Waals surface area contributed by atoms with Crippen LogP contribution in [0.4, 0.5) is 0 Å². The van der Waals surface area contributed by atoms with Crippen molar-refractivity contribution in [3.63, 3.8) is 0 Å². The van der Waals surface area contributed by atoms with Gasteiger partial charge in [0.25, 0.3) is 0 Å². The number of carbonyl (C=O) groups excluding carboxylic acids is 1. The van der Waals surface area contributed by atoms with E-state index in [4.69, 9.17) is 0 Å². The molecule has 0 N–H and O–H groups in total. The van der Waals surface area contributed by atoms with Crippen molar-refractivity contribution < 1.29 is 4.79 Å². The molecule has 1 heterocycles. The molecule has 0 radical (unpaired) electrons. The van der Waals surface area contributed by atoms with Crippen LogP contribution in [0.15, 0.2) is 36.4 Å². The lowest BCUT2D eigenvalue weighted by atomic mass is 10.1. The summed E-state index contributed by atoms with van der Waals surface area (Å²) in [5.74, 6) is 0.660. The Morgan fingerprint density at radius 1 is 1.18 bits per heavy atom. The van der Waals surface area contributed by atoms with Crippen LogP contribution in [0.1, 0.15) is 28.1 Å². The predicted octanol–water partition coefficient (Wildman–Crippen LogP) is 4.32. The Labute approximate surface area is 105 Å². The lowest BCUT2D eigenvalue weighted by molar-refractivity contribution is 0.0971. The zero-order valence-electron chi connectivity index (χ0n) is 9.77. The van der Waals surface area contributed by atoms with E-state index in [1.54, 1.807) is 11.3 Å². The predicted molar refractivity (Wildman–Crippen MR) is 71.5 cm³/mol. The topological polar surface area (TPSA) is 17.1 Å². The highest BCUT2D eigenvalue weighted by Crippen LogP contribution is 2.37. The van der Waals surface area contributed by atoms with E-state index in [1.165, 1.54) is 16.0 Å². The van der Waals surface area contributed by atoms with Crippen LogP contribution in [-0.4, -0.2) is 5.78 Å². The lowest BCUT2D eigenvalue weighted by Crippen LogP contribution is -1.96. The molecule has 1 aliphatic carbocycles. The summed E-state index contributed by atoms with van der Waals surface area (Å²) in [6, 6.07) is 12.4. The van der Waals surface area contributed by atoms with Crippen molar-refractivity contribution in [2.24, 2.45) is 5.92 Å². The summed E-state index contributed by atoms with van der Waals surface area (Å²) in [7, 11) is 0. The third-order valence-electron chi connectivity index (χ3n) is 3.21. The van der Waals surface area contributed by atoms with Gasteiger partial charge >= 0.3 is 0 Å². The molecule has 0 saturated heterocycles. The number of thiophene rings is 1. The average molecular weight is 242 g/mol. The largest absolute Gasteiger partial charge is 0.293 e. The molecule has 0 spiro atoms. The number of benzene rings is 1. The molecule has 3 rings (SSSR count). The molecule has 17 heavy (non-hydrogen) atoms. The summed E-state index contributed by atoms with van der Waals surface area (Å²) >= 11 is 1.63. The Kier molecular flexibility index (Phi) is 2.60. The van der Waals surface area contributed by atoms with E-state index >= 15 is 0 Å². The van der Waals surface area contributed by atoms with E-state index in [2.05, 4.69) is 25.1 Å². The van der Waals surface area contributed by atoms with Crippen molar-refractivity contribution in [3.8, 4) is 10.4 Å². The smallest absolute Gasteiger partial charge is 0.175 e. The van der Waals surface area contributed by atoms with E-state index in [0.717, 1.165) is 17.7 Å². The van der Waals surface area contributed by atoms with E-state index in [9.17, 15) is 4.79 Å². The molecule has 0 atom stereocenters. The van der Waals surface area contributed by atoms with Crippen LogP contribution in [-0.2, 0) is 0 Å². The van der Waals surface area contributed by atoms with Gasteiger partial charge in [0.1, 0.15) is 0 Å². The molecule has 0 unspecified atom stereocenters. The second kappa shape index (κ2) is 4.11. The maximum absolute atomic E-state index is 11.9. The minimum absolute atomic E-state index is 0.318. The Bertz CT molecular complexity index is 564. The highest BCUT2D eigenvalue weighted by molar-refractivity contribution is 7.17. The van der Waals surface area contributed by atoms with E-state index in [0.29, 0.717) is 11.7 Å². The first-order valence-electron chi connectivity index (χ1n) is 5.96. The van der Waals surface area contributed by atoms with Crippen LogP contribution in [0.2, 0.25) is 0 Å². The quantitative estimate of drug-likeness (QED) is 0.733. The fourth-order valence-electron chi connectivity index (χ4n) is 2.01. The van der Waals surface area contributed by atoms with Gasteiger partial charge in [-0.25, -0.2) is 0 Å². The number of carbonyl (C=O) groups is 1. The first-order valence-corrected chi connectivity index (χ1v) is 6.77. The zero-order valence-corrected chi connectivity index (χ0v) is 10.6. The summed E-state index contributed by atoms with van der Waals surface area (Å²) in [5, 5.41) is 0. The van der Waals surface area contributed by atoms with Crippen LogP contribution in [0.5, 0.6) is 0 Å². The van der Waals surface area contributed by atoms with Gasteiger partial charge in [-0.2, -0.15) is 0 Å². The van der Waals surface area contributed by atoms with Gasteiger partial charge in [0.05, 0.1) is 4.88 Å². The molecule has 0 amide bonds. The van der Waals surface area contributed by atoms with Crippen molar-refractivity contribution >= 4 is 17.1 Å². The molecule has 1 aromatic carbocycles. The highest BCUT2D eigenvalue weighted by atomic mass is 32.1. The molecular weight excluding hydrogens is 228 g/mol. The molecule has 1 aromatic heterocycles. The standard InChI is InChI=1S/C15H14OS/c1-10-4-2-3-5-12(10)13-8-9-14(17-13)15(16)11-6-7-11/h2-5,8-9,11H,6-7H2,1H3. The first-order chi connectivity index (χ1) is 8.25. The Balaban J connectivity index is 1.94. The van der Waals surface area contributed by atoms with Crippen molar-refractivity contribution in [2.45, 2.75) is 19.8 Å². The van der Waals surface area contributed by atoms with Crippen molar-refractivity contribution in [1.29, 1.82) is 0 Å². The van der Waals surface area contributed by atoms with Crippen LogP contribution in [0, 0.1) is 12.8 Å². The third-order valence-corrected chi connectivity index (χ3v) is 4.34. The molecule has 1 aliphatic rings. The van der Waals surface area contributed by atoms with Gasteiger partial charge in [-0.15, -0.1) is 11.3 Å². The number of rotatable bonds is 3. The summed E-state index contributed by atoms with van der Waals surface area (Å²) in [4.78, 5) is 14.1. The minimum Gasteiger partial charge on any atom is -0.293 e. The molecule has 1 nitrogen and oxygen atoms in total. The average Bonchev–Trinajstić information content (AvgIpc) is 3.07. The van der Waals surface area contributed by atoms with Crippen LogP contribution < -0.4 is 0 Å². The fraction of sp³-hybridized carbons (Fsp3) is 0.267. The summed E-state index contributed by atoms with van der Waals surface area (Å²) in [6.45, 7) is 2.11. The summed E-state index contributed by atoms with van der Waals surface area (Å²) in [5.41, 5.74) is 2.51. The summed E-state index contributed by atoms with van der Waals surface area (Å²) in [6.07, 6.45) is 2.16. The van der Waals surface area contributed by atoms with Gasteiger partial charge in [0.2, 0.25) is 0 Å². The normalized spacial score (nSPS) is 14.9. The first kappa shape index (κ1) is 10.7. The zero-order chi connectivity index (χ0) is 11.8. The molecule has 2 aromatic rings. The molecule has 1 fully saturated rings. The minimum atomic E-state index is 0.318. The number of Topliss-reactive ketones (excluding diaryl/α,β-unsaturated/α-hetero) is 1. The monoisotopic (exact) mass is 242 g/mol. The third kappa shape index (κ3) is 2.05. The number of hydrogen-bond donors (Lipinski definition) is 0. The van der Waals surface area contributed by atoms with Gasteiger partial charge in [0.15, 0.2) is 5.78 Å². The Hall–Kier alpha value is -1.41. The number of hydrogen-bond acceptors (Lipinski definition) is 2. The molecule has 2 heteroatoms. The Morgan fingerprint density at radius 3 is 2.65 bits per heavy atom. The molecule has 86 valence electrons. The van der Waals surface area contributed by atoms with Gasteiger partial charge in [-0.05, 0) is 43.0 Å². The molecule has 0 aliphatic heterocycles. The highest BCUT2D eigenvalue weighted by Gasteiger charge is 2.31. The van der Waals surface area contributed by atoms with Gasteiger partial charge < -0.3 is 0 Å². The van der Waals surface area contributed by atoms with Crippen molar-refractivity contribution in [3.05, 3.63) is 46.8 Å². The second-order valence-corrected chi connectivity index (χ2v) is 5.70. The van der Waals surface area contributed by atoms with Gasteiger partial charge in [0, 0.05) is 10.8 Å². The van der Waals surface area contributed by atoms with Gasteiger partial charge in [-0.1, -0.05) is 24.3 Å². The van der Waals surface area contributed by atoms with Crippen molar-refractivity contribution in [2.75, 3.05) is 0 Å². The van der Waals surface area contributed by atoms with Crippen LogP contribution >= 0.6 is 11.3 Å². The van der Waals surface area contributed by atoms with Gasteiger partial charge in [-0.3, -0.25) is 4.79 Å². The number of ketones is 1. The van der Waals surface area contributed by atoms with E-state index in [-0.39, 0.29) is 0 Å². The SMILES string of the molecule is Cc1ccccc1-c1ccc(C(=O)C2CC2)s1. The maximum Gasteiger partial charge on any atom is 0.175 e. The summed E-state index contributed by atoms with van der Waals surface area (Å²) < 4.78 is 0. The molecule has 0 bridgehead atoms. The fourth-order valence-corrected chi connectivity index (χ4v) is 3.13. The second-order valence-electron chi connectivity index (χ2n) is 4.62. The lowest BCUT2D eigenvalue weighted by Gasteiger charge is -2.01. The van der Waals surface area contributed by atoms with Crippen molar-refractivity contribution in [1.82, 2.24) is 0 Å². The molecule has 1 saturated carbocycles. The van der Waals surface area contributed by atoms with E-state index < -0.39 is 0 Å². The Morgan fingerprint density at radius 2 is 1.94 bits per heavy atom.